The molecule has 3 atom stereocenters. The molecule has 0 bridgehead atoms. The predicted octanol–water partition coefficient (Wildman–Crippen LogP) is 6.66. The van der Waals surface area contributed by atoms with Gasteiger partial charge >= 0.3 is 5.97 Å². The molecule has 3 aromatic carbocycles. The minimum absolute atomic E-state index is 0.179. The van der Waals surface area contributed by atoms with Crippen molar-refractivity contribution in [2.45, 2.75) is 39.2 Å². The van der Waals surface area contributed by atoms with Gasteiger partial charge in [-0.3, -0.25) is 9.59 Å². The lowest BCUT2D eigenvalue weighted by molar-refractivity contribution is -0.140. The molecule has 0 radical (unpaired) electrons. The van der Waals surface area contributed by atoms with E-state index in [0.717, 1.165) is 16.9 Å². The van der Waals surface area contributed by atoms with Crippen molar-refractivity contribution in [2.75, 3.05) is 7.11 Å². The molecule has 196 valence electrons. The summed E-state index contributed by atoms with van der Waals surface area (Å²) in [5.41, 5.74) is 3.95. The largest absolute Gasteiger partial charge is 0.497 e. The first kappa shape index (κ1) is 27.1. The van der Waals surface area contributed by atoms with Crippen molar-refractivity contribution in [1.82, 2.24) is 15.3 Å². The van der Waals surface area contributed by atoms with Crippen LogP contribution < -0.4 is 10.1 Å². The molecule has 0 fully saturated rings. The zero-order chi connectivity index (χ0) is 27.4. The lowest BCUT2D eigenvalue weighted by Crippen LogP contribution is -2.26. The first-order valence-corrected chi connectivity index (χ1v) is 12.8. The Bertz CT molecular complexity index is 1460. The summed E-state index contributed by atoms with van der Waals surface area (Å²) in [5.74, 6) is -1.54. The van der Waals surface area contributed by atoms with Crippen LogP contribution in [0.15, 0.2) is 66.7 Å². The number of carboxylic acids is 1. The van der Waals surface area contributed by atoms with E-state index in [1.807, 2.05) is 45.0 Å². The van der Waals surface area contributed by atoms with Crippen LogP contribution in [0.5, 0.6) is 5.75 Å². The number of carbonyl (C=O) groups is 2. The van der Waals surface area contributed by atoms with E-state index in [1.165, 1.54) is 0 Å². The first-order chi connectivity index (χ1) is 18.2. The number of fused-ring (bicyclic) bond motifs is 1. The lowest BCUT2D eigenvalue weighted by atomic mass is 9.86. The van der Waals surface area contributed by atoms with Gasteiger partial charge in [0.15, 0.2) is 0 Å². The molecule has 1 heterocycles. The summed E-state index contributed by atoms with van der Waals surface area (Å²) in [6, 6.07) is 19.4. The number of ether oxygens (including phenoxy) is 1. The van der Waals surface area contributed by atoms with Gasteiger partial charge in [-0.2, -0.15) is 0 Å². The van der Waals surface area contributed by atoms with Crippen LogP contribution in [0.25, 0.3) is 22.3 Å². The fourth-order valence-electron chi connectivity index (χ4n) is 4.37. The van der Waals surface area contributed by atoms with Crippen molar-refractivity contribution in [2.24, 2.45) is 5.92 Å². The van der Waals surface area contributed by atoms with Gasteiger partial charge in [-0.25, -0.2) is 9.97 Å². The third-order valence-corrected chi connectivity index (χ3v) is 7.06. The smallest absolute Gasteiger partial charge is 0.312 e. The lowest BCUT2D eigenvalue weighted by Gasteiger charge is -2.21. The fourth-order valence-corrected chi connectivity index (χ4v) is 4.49. The van der Waals surface area contributed by atoms with Crippen molar-refractivity contribution in [3.8, 4) is 17.0 Å². The normalized spacial score (nSPS) is 13.5. The van der Waals surface area contributed by atoms with Gasteiger partial charge in [-0.1, -0.05) is 56.1 Å². The molecular formula is C30H30ClN3O4. The Morgan fingerprint density at radius 1 is 0.974 bits per heavy atom. The number of amides is 1. The van der Waals surface area contributed by atoms with Gasteiger partial charge in [-0.15, -0.1) is 0 Å². The maximum absolute atomic E-state index is 13.1. The maximum Gasteiger partial charge on any atom is 0.312 e. The number of methoxy groups -OCH3 is 1. The van der Waals surface area contributed by atoms with E-state index in [1.54, 1.807) is 49.6 Å². The number of carbonyl (C=O) groups excluding carboxylic acids is 1. The number of aromatic nitrogens is 2. The van der Waals surface area contributed by atoms with E-state index < -0.39 is 11.9 Å². The van der Waals surface area contributed by atoms with Crippen LogP contribution in [0.2, 0.25) is 5.02 Å². The second-order valence-electron chi connectivity index (χ2n) is 9.34. The molecular weight excluding hydrogens is 502 g/mol. The molecule has 0 aliphatic heterocycles. The molecule has 2 N–H and O–H groups in total. The average molecular weight is 532 g/mol. The van der Waals surface area contributed by atoms with Gasteiger partial charge in [0.1, 0.15) is 11.7 Å². The second kappa shape index (κ2) is 11.6. The number of hydrogen-bond donors (Lipinski definition) is 2. The van der Waals surface area contributed by atoms with Crippen molar-refractivity contribution < 1.29 is 19.4 Å². The highest BCUT2D eigenvalue weighted by atomic mass is 35.5. The van der Waals surface area contributed by atoms with Gasteiger partial charge < -0.3 is 15.2 Å². The van der Waals surface area contributed by atoms with E-state index in [2.05, 4.69) is 5.32 Å². The number of carboxylic acid groups (broad SMARTS) is 1. The number of nitrogens with zero attached hydrogens (tertiary/aromatic N) is 2. The van der Waals surface area contributed by atoms with Crippen LogP contribution in [0.1, 0.15) is 60.8 Å². The Labute approximate surface area is 226 Å². The molecule has 0 saturated heterocycles. The fraction of sp³-hybridized carbons (Fsp3) is 0.267. The topological polar surface area (TPSA) is 101 Å². The van der Waals surface area contributed by atoms with Crippen molar-refractivity contribution >= 4 is 34.5 Å². The minimum Gasteiger partial charge on any atom is -0.497 e. The first-order valence-electron chi connectivity index (χ1n) is 12.5. The van der Waals surface area contributed by atoms with Gasteiger partial charge in [-0.05, 0) is 60.9 Å². The highest BCUT2D eigenvalue weighted by molar-refractivity contribution is 6.30. The van der Waals surface area contributed by atoms with Crippen molar-refractivity contribution in [3.05, 3.63) is 88.6 Å². The third kappa shape index (κ3) is 5.78. The van der Waals surface area contributed by atoms with Gasteiger partial charge in [0.05, 0.1) is 35.6 Å². The van der Waals surface area contributed by atoms with Gasteiger partial charge in [0.2, 0.25) is 0 Å². The van der Waals surface area contributed by atoms with E-state index in [4.69, 9.17) is 26.3 Å². The van der Waals surface area contributed by atoms with Crippen molar-refractivity contribution in [1.29, 1.82) is 0 Å². The summed E-state index contributed by atoms with van der Waals surface area (Å²) < 4.78 is 5.20. The number of benzene rings is 3. The Kier molecular flexibility index (Phi) is 8.27. The predicted molar refractivity (Wildman–Crippen MR) is 149 cm³/mol. The van der Waals surface area contributed by atoms with E-state index >= 15 is 0 Å². The molecule has 8 heteroatoms. The summed E-state index contributed by atoms with van der Waals surface area (Å²) in [4.78, 5) is 35.1. The molecule has 4 aromatic rings. The number of hydrogen-bond acceptors (Lipinski definition) is 5. The maximum atomic E-state index is 13.1. The minimum atomic E-state index is -0.967. The highest BCUT2D eigenvalue weighted by Gasteiger charge is 2.31. The zero-order valence-electron chi connectivity index (χ0n) is 21.7. The van der Waals surface area contributed by atoms with Crippen LogP contribution in [0, 0.1) is 5.92 Å². The van der Waals surface area contributed by atoms with Crippen molar-refractivity contribution in [3.63, 3.8) is 0 Å². The Hall–Kier alpha value is -3.97. The van der Waals surface area contributed by atoms with Gasteiger partial charge in [0.25, 0.3) is 5.91 Å². The number of aliphatic carboxylic acids is 1. The number of nitrogens with one attached hydrogen (secondary N) is 1. The highest BCUT2D eigenvalue weighted by Crippen LogP contribution is 2.34. The molecule has 7 nitrogen and oxygen atoms in total. The Morgan fingerprint density at radius 2 is 1.66 bits per heavy atom. The standard InChI is InChI=1S/C30H30ClN3O4/c1-5-17(2)26(30(36)37)28-27(20-6-11-22(31)12-7-20)33-24-15-10-21(16-25(24)34-28)29(35)32-18(3)19-8-13-23(38-4)14-9-19/h6-18,26H,5H2,1-4H3,(H,32,35)(H,36,37)/t17?,18-,26?/m1/s1. The second-order valence-corrected chi connectivity index (χ2v) is 9.77. The van der Waals surface area contributed by atoms with Crippen LogP contribution in [0.4, 0.5) is 0 Å². The summed E-state index contributed by atoms with van der Waals surface area (Å²) >= 11 is 6.08. The zero-order valence-corrected chi connectivity index (χ0v) is 22.5. The van der Waals surface area contributed by atoms with Gasteiger partial charge in [0, 0.05) is 16.1 Å². The summed E-state index contributed by atoms with van der Waals surface area (Å²) in [6.07, 6.45) is 0.655. The van der Waals surface area contributed by atoms with Crippen LogP contribution in [0.3, 0.4) is 0 Å². The quantitative estimate of drug-likeness (QED) is 0.250. The Balaban J connectivity index is 1.74. The van der Waals surface area contributed by atoms with E-state index in [0.29, 0.717) is 39.4 Å². The van der Waals surface area contributed by atoms with Crippen LogP contribution in [-0.4, -0.2) is 34.1 Å². The summed E-state index contributed by atoms with van der Waals surface area (Å²) in [7, 11) is 1.61. The molecule has 1 amide bonds. The van der Waals surface area contributed by atoms with Crippen LogP contribution >= 0.6 is 11.6 Å². The number of halogens is 1. The summed E-state index contributed by atoms with van der Waals surface area (Å²) in [5, 5.41) is 13.7. The molecule has 1 aromatic heterocycles. The monoisotopic (exact) mass is 531 g/mol. The third-order valence-electron chi connectivity index (χ3n) is 6.81. The molecule has 0 spiro atoms. The number of rotatable bonds is 9. The SMILES string of the molecule is CCC(C)C(C(=O)O)c1nc2cc(C(=O)N[C@H](C)c3ccc(OC)cc3)ccc2nc1-c1ccc(Cl)cc1. The molecule has 4 rings (SSSR count). The Morgan fingerprint density at radius 3 is 2.26 bits per heavy atom. The molecule has 0 saturated carbocycles. The molecule has 0 aliphatic carbocycles. The summed E-state index contributed by atoms with van der Waals surface area (Å²) in [6.45, 7) is 5.74. The van der Waals surface area contributed by atoms with E-state index in [-0.39, 0.29) is 17.9 Å². The molecule has 38 heavy (non-hydrogen) atoms. The molecule has 2 unspecified atom stereocenters. The van der Waals surface area contributed by atoms with Crippen LogP contribution in [-0.2, 0) is 4.79 Å². The molecule has 0 aliphatic rings. The average Bonchev–Trinajstić information content (AvgIpc) is 2.92. The van der Waals surface area contributed by atoms with E-state index in [9.17, 15) is 14.7 Å².